The standard InChI is InChI=1S/C23H32N4O2.HI/c1-18(20-9-11-21(29-3)12-10-20)13-15-25-23(24-2)26-16-14-22(28)27-17-19-7-5-4-6-8-19;/h4-12,18H,13-17H2,1-3H3,(H,27,28)(H2,24,25,26);1H. The summed E-state index contributed by atoms with van der Waals surface area (Å²) in [6.07, 6.45) is 1.38. The molecule has 0 aliphatic carbocycles. The molecule has 0 saturated carbocycles. The zero-order valence-electron chi connectivity index (χ0n) is 18.0. The number of hydrogen-bond acceptors (Lipinski definition) is 3. The number of ether oxygens (including phenoxy) is 1. The Morgan fingerprint density at radius 1 is 1.00 bits per heavy atom. The lowest BCUT2D eigenvalue weighted by Crippen LogP contribution is -2.39. The van der Waals surface area contributed by atoms with Gasteiger partial charge in [0.25, 0.3) is 0 Å². The van der Waals surface area contributed by atoms with Crippen molar-refractivity contribution in [1.29, 1.82) is 0 Å². The van der Waals surface area contributed by atoms with Gasteiger partial charge in [-0.25, -0.2) is 0 Å². The molecule has 30 heavy (non-hydrogen) atoms. The first-order valence-corrected chi connectivity index (χ1v) is 10.0. The molecule has 0 fully saturated rings. The lowest BCUT2D eigenvalue weighted by Gasteiger charge is -2.15. The van der Waals surface area contributed by atoms with Gasteiger partial charge in [-0.15, -0.1) is 24.0 Å². The third-order valence-corrected chi connectivity index (χ3v) is 4.76. The maximum absolute atomic E-state index is 12.0. The molecule has 0 aromatic heterocycles. The van der Waals surface area contributed by atoms with Crippen molar-refractivity contribution in [3.63, 3.8) is 0 Å². The summed E-state index contributed by atoms with van der Waals surface area (Å²) < 4.78 is 5.20. The number of rotatable bonds is 10. The molecule has 2 rings (SSSR count). The smallest absolute Gasteiger partial charge is 0.222 e. The Bertz CT molecular complexity index is 767. The molecule has 7 heteroatoms. The number of benzene rings is 2. The molecule has 0 saturated heterocycles. The van der Waals surface area contributed by atoms with Gasteiger partial charge in [0, 0.05) is 33.1 Å². The van der Waals surface area contributed by atoms with E-state index in [9.17, 15) is 4.79 Å². The van der Waals surface area contributed by atoms with Crippen LogP contribution in [-0.4, -0.2) is 39.1 Å². The molecule has 6 nitrogen and oxygen atoms in total. The number of aliphatic imine (C=N–C) groups is 1. The van der Waals surface area contributed by atoms with Crippen molar-refractivity contribution in [3.05, 3.63) is 65.7 Å². The summed E-state index contributed by atoms with van der Waals surface area (Å²) in [5.41, 5.74) is 2.38. The van der Waals surface area contributed by atoms with Crippen LogP contribution in [0.15, 0.2) is 59.6 Å². The van der Waals surface area contributed by atoms with Crippen molar-refractivity contribution < 1.29 is 9.53 Å². The summed E-state index contributed by atoms with van der Waals surface area (Å²) in [5.74, 6) is 2.03. The zero-order chi connectivity index (χ0) is 20.9. The van der Waals surface area contributed by atoms with Gasteiger partial charge in [-0.1, -0.05) is 49.4 Å². The third-order valence-electron chi connectivity index (χ3n) is 4.76. The van der Waals surface area contributed by atoms with Gasteiger partial charge in [-0.05, 0) is 35.6 Å². The Labute approximate surface area is 196 Å². The lowest BCUT2D eigenvalue weighted by molar-refractivity contribution is -0.121. The molecule has 0 spiro atoms. The number of carbonyl (C=O) groups is 1. The van der Waals surface area contributed by atoms with Crippen LogP contribution in [0, 0.1) is 0 Å². The van der Waals surface area contributed by atoms with Gasteiger partial charge >= 0.3 is 0 Å². The fourth-order valence-electron chi connectivity index (χ4n) is 2.91. The summed E-state index contributed by atoms with van der Waals surface area (Å²) in [6, 6.07) is 18.1. The highest BCUT2D eigenvalue weighted by Gasteiger charge is 2.07. The number of guanidine groups is 1. The van der Waals surface area contributed by atoms with Crippen LogP contribution in [0.4, 0.5) is 0 Å². The number of carbonyl (C=O) groups excluding carboxylic acids is 1. The molecule has 1 unspecified atom stereocenters. The molecular weight excluding hydrogens is 491 g/mol. The van der Waals surface area contributed by atoms with Crippen LogP contribution in [-0.2, 0) is 11.3 Å². The normalized spacial score (nSPS) is 11.8. The minimum absolute atomic E-state index is 0. The number of amides is 1. The molecule has 2 aromatic carbocycles. The Morgan fingerprint density at radius 3 is 2.30 bits per heavy atom. The monoisotopic (exact) mass is 524 g/mol. The first-order valence-electron chi connectivity index (χ1n) is 10.0. The second-order valence-electron chi connectivity index (χ2n) is 6.90. The van der Waals surface area contributed by atoms with Crippen LogP contribution < -0.4 is 20.7 Å². The van der Waals surface area contributed by atoms with E-state index in [1.54, 1.807) is 14.2 Å². The molecule has 0 aliphatic heterocycles. The average molecular weight is 524 g/mol. The number of methoxy groups -OCH3 is 1. The van der Waals surface area contributed by atoms with E-state index in [4.69, 9.17) is 4.74 Å². The number of nitrogens with zero attached hydrogens (tertiary/aromatic N) is 1. The molecule has 0 heterocycles. The van der Waals surface area contributed by atoms with Crippen molar-refractivity contribution >= 4 is 35.8 Å². The van der Waals surface area contributed by atoms with Gasteiger partial charge in [0.2, 0.25) is 5.91 Å². The highest BCUT2D eigenvalue weighted by Crippen LogP contribution is 2.21. The van der Waals surface area contributed by atoms with Crippen molar-refractivity contribution in [3.8, 4) is 5.75 Å². The third kappa shape index (κ3) is 9.47. The Balaban J connectivity index is 0.00000450. The molecule has 164 valence electrons. The molecule has 1 amide bonds. The van der Waals surface area contributed by atoms with Gasteiger partial charge in [-0.3, -0.25) is 9.79 Å². The Hall–Kier alpha value is -2.29. The number of hydrogen-bond donors (Lipinski definition) is 3. The van der Waals surface area contributed by atoms with Gasteiger partial charge in [-0.2, -0.15) is 0 Å². The minimum Gasteiger partial charge on any atom is -0.497 e. The van der Waals surface area contributed by atoms with Gasteiger partial charge in [0.15, 0.2) is 5.96 Å². The highest BCUT2D eigenvalue weighted by atomic mass is 127. The topological polar surface area (TPSA) is 74.8 Å². The second kappa shape index (κ2) is 14.7. The first kappa shape index (κ1) is 25.7. The van der Waals surface area contributed by atoms with E-state index in [0.717, 1.165) is 24.3 Å². The van der Waals surface area contributed by atoms with Crippen LogP contribution in [0.25, 0.3) is 0 Å². The van der Waals surface area contributed by atoms with Crippen molar-refractivity contribution in [2.75, 3.05) is 27.2 Å². The van der Waals surface area contributed by atoms with E-state index < -0.39 is 0 Å². The summed E-state index contributed by atoms with van der Waals surface area (Å²) in [6.45, 7) is 4.09. The fraction of sp³-hybridized carbons (Fsp3) is 0.391. The van der Waals surface area contributed by atoms with Crippen molar-refractivity contribution in [2.24, 2.45) is 4.99 Å². The van der Waals surface area contributed by atoms with Crippen LogP contribution in [0.1, 0.15) is 36.8 Å². The van der Waals surface area contributed by atoms with Crippen molar-refractivity contribution in [1.82, 2.24) is 16.0 Å². The highest BCUT2D eigenvalue weighted by molar-refractivity contribution is 14.0. The lowest BCUT2D eigenvalue weighted by atomic mass is 9.98. The van der Waals surface area contributed by atoms with E-state index in [1.807, 2.05) is 42.5 Å². The Kier molecular flexibility index (Phi) is 12.6. The van der Waals surface area contributed by atoms with E-state index in [-0.39, 0.29) is 29.9 Å². The van der Waals surface area contributed by atoms with Gasteiger partial charge < -0.3 is 20.7 Å². The van der Waals surface area contributed by atoms with Crippen molar-refractivity contribution in [2.45, 2.75) is 32.2 Å². The second-order valence-corrected chi connectivity index (χ2v) is 6.90. The average Bonchev–Trinajstić information content (AvgIpc) is 2.77. The zero-order valence-corrected chi connectivity index (χ0v) is 20.3. The van der Waals surface area contributed by atoms with E-state index in [2.05, 4.69) is 40.0 Å². The molecule has 1 atom stereocenters. The number of halogens is 1. The molecule has 0 radical (unpaired) electrons. The number of nitrogens with one attached hydrogen (secondary N) is 3. The maximum atomic E-state index is 12.0. The molecule has 0 bridgehead atoms. The quantitative estimate of drug-likeness (QED) is 0.252. The summed E-state index contributed by atoms with van der Waals surface area (Å²) in [7, 11) is 3.41. The van der Waals surface area contributed by atoms with Crippen LogP contribution >= 0.6 is 24.0 Å². The van der Waals surface area contributed by atoms with E-state index in [0.29, 0.717) is 31.4 Å². The minimum atomic E-state index is 0. The molecule has 2 aromatic rings. The van der Waals surface area contributed by atoms with E-state index in [1.165, 1.54) is 5.56 Å². The molecular formula is C23H33IN4O2. The fourth-order valence-corrected chi connectivity index (χ4v) is 2.91. The predicted molar refractivity (Wildman–Crippen MR) is 134 cm³/mol. The largest absolute Gasteiger partial charge is 0.497 e. The summed E-state index contributed by atoms with van der Waals surface area (Å²) in [4.78, 5) is 16.2. The predicted octanol–water partition coefficient (Wildman–Crippen LogP) is 3.68. The summed E-state index contributed by atoms with van der Waals surface area (Å²) in [5, 5.41) is 9.42. The van der Waals surface area contributed by atoms with Crippen LogP contribution in [0.3, 0.4) is 0 Å². The summed E-state index contributed by atoms with van der Waals surface area (Å²) >= 11 is 0. The van der Waals surface area contributed by atoms with Gasteiger partial charge in [0.1, 0.15) is 5.75 Å². The van der Waals surface area contributed by atoms with Gasteiger partial charge in [0.05, 0.1) is 7.11 Å². The van der Waals surface area contributed by atoms with E-state index >= 15 is 0 Å². The van der Waals surface area contributed by atoms with Crippen LogP contribution in [0.2, 0.25) is 0 Å². The molecule has 0 aliphatic rings. The Morgan fingerprint density at radius 2 is 1.67 bits per heavy atom. The SMILES string of the molecule is CN=C(NCCC(=O)NCc1ccccc1)NCCC(C)c1ccc(OC)cc1.I. The first-order chi connectivity index (χ1) is 14.1. The maximum Gasteiger partial charge on any atom is 0.222 e. The molecule has 3 N–H and O–H groups in total. The van der Waals surface area contributed by atoms with Crippen LogP contribution in [0.5, 0.6) is 5.75 Å².